The van der Waals surface area contributed by atoms with Gasteiger partial charge in [0.1, 0.15) is 12.4 Å². The van der Waals surface area contributed by atoms with Crippen LogP contribution < -0.4 is 19.7 Å². The van der Waals surface area contributed by atoms with Gasteiger partial charge >= 0.3 is 0 Å². The molecular formula is C28H40N4O5S. The number of carbonyl (C=O) groups excluding carboxylic acids is 1. The fourth-order valence-corrected chi connectivity index (χ4v) is 6.57. The van der Waals surface area contributed by atoms with Crippen molar-refractivity contribution in [1.29, 1.82) is 0 Å². The van der Waals surface area contributed by atoms with Crippen molar-refractivity contribution in [1.82, 2.24) is 14.9 Å². The second kappa shape index (κ2) is 12.9. The summed E-state index contributed by atoms with van der Waals surface area (Å²) >= 11 is 0. The molecule has 0 spiro atoms. The van der Waals surface area contributed by atoms with Gasteiger partial charge in [0.2, 0.25) is 10.0 Å². The Bertz CT molecular complexity index is 1180. The third-order valence-electron chi connectivity index (χ3n) is 7.13. The van der Waals surface area contributed by atoms with Crippen LogP contribution in [0, 0.1) is 5.92 Å². The molecule has 4 rings (SSSR count). The molecule has 1 saturated heterocycles. The van der Waals surface area contributed by atoms with E-state index in [4.69, 9.17) is 9.47 Å². The SMILES string of the molecule is COCCCN1CCOc2ccc(C(=O)N(C[C@@H]3CNC[C@H]3NS(=O)(=O)Cc3ccccc3)C(C)C)cc21. The van der Waals surface area contributed by atoms with Crippen LogP contribution in [0.3, 0.4) is 0 Å². The molecule has 2 atom stereocenters. The molecule has 208 valence electrons. The summed E-state index contributed by atoms with van der Waals surface area (Å²) < 4.78 is 39.7. The Balaban J connectivity index is 1.46. The van der Waals surface area contributed by atoms with Crippen LogP contribution in [-0.2, 0) is 20.5 Å². The van der Waals surface area contributed by atoms with Crippen LogP contribution >= 0.6 is 0 Å². The van der Waals surface area contributed by atoms with Crippen LogP contribution in [0.2, 0.25) is 0 Å². The number of nitrogens with zero attached hydrogens (tertiary/aromatic N) is 2. The van der Waals surface area contributed by atoms with E-state index in [-0.39, 0.29) is 29.7 Å². The number of amides is 1. The zero-order valence-corrected chi connectivity index (χ0v) is 23.4. The topological polar surface area (TPSA) is 100 Å². The number of anilines is 1. The summed E-state index contributed by atoms with van der Waals surface area (Å²) in [4.78, 5) is 17.8. The lowest BCUT2D eigenvalue weighted by molar-refractivity contribution is 0.0671. The van der Waals surface area contributed by atoms with Gasteiger partial charge in [-0.15, -0.1) is 0 Å². The summed E-state index contributed by atoms with van der Waals surface area (Å²) in [6.07, 6.45) is 0.891. The highest BCUT2D eigenvalue weighted by atomic mass is 32.2. The number of nitrogens with one attached hydrogen (secondary N) is 2. The van der Waals surface area contributed by atoms with Crippen molar-refractivity contribution in [2.24, 2.45) is 5.92 Å². The van der Waals surface area contributed by atoms with Gasteiger partial charge in [0.25, 0.3) is 5.91 Å². The fourth-order valence-electron chi connectivity index (χ4n) is 5.11. The molecule has 2 aliphatic rings. The van der Waals surface area contributed by atoms with Gasteiger partial charge in [-0.05, 0) is 44.0 Å². The molecular weight excluding hydrogens is 504 g/mol. The average Bonchev–Trinajstić information content (AvgIpc) is 3.32. The van der Waals surface area contributed by atoms with Crippen molar-refractivity contribution in [3.8, 4) is 5.75 Å². The lowest BCUT2D eigenvalue weighted by Crippen LogP contribution is -2.47. The quantitative estimate of drug-likeness (QED) is 0.396. The lowest BCUT2D eigenvalue weighted by atomic mass is 10.0. The standard InChI is InChI=1S/C28H40N4O5S/c1-21(2)32(19-24-17-29-18-25(24)30-38(34,35)20-22-8-5-4-6-9-22)28(33)23-10-11-27-26(16-23)31(13-15-37-27)12-7-14-36-3/h4-6,8-11,16,21,24-25,29-30H,7,12-15,17-20H2,1-3H3/t24-,25+/m0/s1. The van der Waals surface area contributed by atoms with Gasteiger partial charge in [-0.2, -0.15) is 0 Å². The highest BCUT2D eigenvalue weighted by Gasteiger charge is 2.34. The summed E-state index contributed by atoms with van der Waals surface area (Å²) in [7, 11) is -1.83. The Hall–Kier alpha value is -2.66. The first-order valence-corrected chi connectivity index (χ1v) is 15.0. The van der Waals surface area contributed by atoms with Crippen molar-refractivity contribution < 1.29 is 22.7 Å². The predicted molar refractivity (Wildman–Crippen MR) is 149 cm³/mol. The second-order valence-electron chi connectivity index (χ2n) is 10.3. The third kappa shape index (κ3) is 7.25. The molecule has 0 aromatic heterocycles. The van der Waals surface area contributed by atoms with E-state index in [9.17, 15) is 13.2 Å². The number of hydrogen-bond donors (Lipinski definition) is 2. The first-order valence-electron chi connectivity index (χ1n) is 13.3. The second-order valence-corrected chi connectivity index (χ2v) is 12.1. The largest absolute Gasteiger partial charge is 0.490 e. The number of ether oxygens (including phenoxy) is 2. The summed E-state index contributed by atoms with van der Waals surface area (Å²) in [5.74, 6) is 0.609. The summed E-state index contributed by atoms with van der Waals surface area (Å²) in [5, 5.41) is 3.30. The molecule has 38 heavy (non-hydrogen) atoms. The van der Waals surface area contributed by atoms with E-state index in [2.05, 4.69) is 14.9 Å². The molecule has 2 N–H and O–H groups in total. The van der Waals surface area contributed by atoms with Gasteiger partial charge in [-0.25, -0.2) is 13.1 Å². The maximum Gasteiger partial charge on any atom is 0.254 e. The zero-order chi connectivity index (χ0) is 27.1. The van der Waals surface area contributed by atoms with Gasteiger partial charge in [-0.3, -0.25) is 4.79 Å². The molecule has 1 amide bonds. The highest BCUT2D eigenvalue weighted by molar-refractivity contribution is 7.88. The molecule has 0 bridgehead atoms. The summed E-state index contributed by atoms with van der Waals surface area (Å²) in [5.41, 5.74) is 2.27. The van der Waals surface area contributed by atoms with Crippen LogP contribution in [-0.4, -0.2) is 84.4 Å². The van der Waals surface area contributed by atoms with Crippen molar-refractivity contribution in [2.75, 3.05) is 57.9 Å². The Morgan fingerprint density at radius 2 is 2.00 bits per heavy atom. The number of hydrogen-bond acceptors (Lipinski definition) is 7. The minimum absolute atomic E-state index is 0.0431. The molecule has 10 heteroatoms. The summed E-state index contributed by atoms with van der Waals surface area (Å²) in [6.45, 7) is 8.49. The Kier molecular flexibility index (Phi) is 9.64. The van der Waals surface area contributed by atoms with Crippen LogP contribution in [0.4, 0.5) is 5.69 Å². The molecule has 2 heterocycles. The molecule has 2 aromatic carbocycles. The molecule has 0 radical (unpaired) electrons. The third-order valence-corrected chi connectivity index (χ3v) is 8.50. The van der Waals surface area contributed by atoms with Crippen molar-refractivity contribution in [2.45, 2.75) is 38.1 Å². The van der Waals surface area contributed by atoms with E-state index in [1.54, 1.807) is 7.11 Å². The summed E-state index contributed by atoms with van der Waals surface area (Å²) in [6, 6.07) is 14.4. The molecule has 1 fully saturated rings. The molecule has 0 aliphatic carbocycles. The monoisotopic (exact) mass is 544 g/mol. The molecule has 2 aromatic rings. The van der Waals surface area contributed by atoms with E-state index in [1.807, 2.05) is 67.3 Å². The van der Waals surface area contributed by atoms with Crippen molar-refractivity contribution >= 4 is 21.6 Å². The zero-order valence-electron chi connectivity index (χ0n) is 22.6. The van der Waals surface area contributed by atoms with Gasteiger partial charge in [0, 0.05) is 63.5 Å². The Labute approximate surface area is 226 Å². The first-order chi connectivity index (χ1) is 18.3. The van der Waals surface area contributed by atoms with E-state index in [1.165, 1.54) is 0 Å². The maximum absolute atomic E-state index is 13.7. The van der Waals surface area contributed by atoms with E-state index in [0.717, 1.165) is 36.5 Å². The number of sulfonamides is 1. The van der Waals surface area contributed by atoms with Crippen molar-refractivity contribution in [3.63, 3.8) is 0 Å². The molecule has 0 saturated carbocycles. The van der Waals surface area contributed by atoms with Crippen molar-refractivity contribution in [3.05, 3.63) is 59.7 Å². The smallest absolute Gasteiger partial charge is 0.254 e. The predicted octanol–water partition coefficient (Wildman–Crippen LogP) is 2.48. The first kappa shape index (κ1) is 28.4. The number of carbonyl (C=O) groups is 1. The fraction of sp³-hybridized carbons (Fsp3) is 0.536. The van der Waals surface area contributed by atoms with Crippen LogP contribution in [0.1, 0.15) is 36.2 Å². The van der Waals surface area contributed by atoms with Gasteiger partial charge < -0.3 is 24.6 Å². The molecule has 0 unspecified atom stereocenters. The number of rotatable bonds is 12. The number of fused-ring (bicyclic) bond motifs is 1. The van der Waals surface area contributed by atoms with E-state index >= 15 is 0 Å². The minimum Gasteiger partial charge on any atom is -0.490 e. The highest BCUT2D eigenvalue weighted by Crippen LogP contribution is 2.33. The Morgan fingerprint density at radius 3 is 2.74 bits per heavy atom. The van der Waals surface area contributed by atoms with Crippen LogP contribution in [0.15, 0.2) is 48.5 Å². The Morgan fingerprint density at radius 1 is 1.21 bits per heavy atom. The molecule has 2 aliphatic heterocycles. The lowest BCUT2D eigenvalue weighted by Gasteiger charge is -2.33. The maximum atomic E-state index is 13.7. The minimum atomic E-state index is -3.53. The van der Waals surface area contributed by atoms with Crippen LogP contribution in [0.5, 0.6) is 5.75 Å². The van der Waals surface area contributed by atoms with E-state index in [0.29, 0.717) is 38.4 Å². The number of methoxy groups -OCH3 is 1. The van der Waals surface area contributed by atoms with Gasteiger partial charge in [-0.1, -0.05) is 30.3 Å². The van der Waals surface area contributed by atoms with E-state index < -0.39 is 10.0 Å². The van der Waals surface area contributed by atoms with Crippen LogP contribution in [0.25, 0.3) is 0 Å². The van der Waals surface area contributed by atoms with Gasteiger partial charge in [0.05, 0.1) is 18.0 Å². The van der Waals surface area contributed by atoms with Gasteiger partial charge in [0.15, 0.2) is 0 Å². The number of benzene rings is 2. The molecule has 9 nitrogen and oxygen atoms in total. The average molecular weight is 545 g/mol. The normalized spacial score (nSPS) is 19.3.